The molecule has 0 saturated carbocycles. The number of amides is 2. The molecule has 0 radical (unpaired) electrons. The lowest BCUT2D eigenvalue weighted by Gasteiger charge is -2.14. The first-order valence-corrected chi connectivity index (χ1v) is 12.2. The van der Waals surface area contributed by atoms with Crippen LogP contribution in [-0.4, -0.2) is 23.5 Å². The number of carbonyl (C=O) groups excluding carboxylic acids is 2. The Morgan fingerprint density at radius 1 is 0.829 bits per heavy atom. The number of rotatable bonds is 11. The molecule has 0 fully saturated rings. The summed E-state index contributed by atoms with van der Waals surface area (Å²) < 4.78 is 5.84. The average molecular weight is 490 g/mol. The van der Waals surface area contributed by atoms with Gasteiger partial charge in [-0.3, -0.25) is 14.9 Å². The SMILES string of the molecule is CCCCCCOc1ccccc1C(=O)NC(=S)Nc1cccc(NC(=O)Cc2ccccc2)c1. The predicted molar refractivity (Wildman–Crippen MR) is 145 cm³/mol. The normalized spacial score (nSPS) is 10.3. The zero-order valence-corrected chi connectivity index (χ0v) is 20.7. The molecule has 0 aliphatic heterocycles. The van der Waals surface area contributed by atoms with E-state index in [1.807, 2.05) is 36.4 Å². The van der Waals surface area contributed by atoms with Crippen LogP contribution in [0.1, 0.15) is 48.5 Å². The third-order valence-electron chi connectivity index (χ3n) is 5.23. The summed E-state index contributed by atoms with van der Waals surface area (Å²) in [6.45, 7) is 2.73. The Balaban J connectivity index is 1.53. The minimum atomic E-state index is -0.348. The number of hydrogen-bond donors (Lipinski definition) is 3. The average Bonchev–Trinajstić information content (AvgIpc) is 2.85. The Morgan fingerprint density at radius 3 is 2.31 bits per heavy atom. The Bertz CT molecular complexity index is 1140. The van der Waals surface area contributed by atoms with Crippen LogP contribution in [0.25, 0.3) is 0 Å². The van der Waals surface area contributed by atoms with Crippen LogP contribution in [0.15, 0.2) is 78.9 Å². The van der Waals surface area contributed by atoms with Crippen LogP contribution >= 0.6 is 12.2 Å². The van der Waals surface area contributed by atoms with Gasteiger partial charge in [0.25, 0.3) is 5.91 Å². The van der Waals surface area contributed by atoms with E-state index in [-0.39, 0.29) is 23.3 Å². The van der Waals surface area contributed by atoms with Crippen molar-refractivity contribution in [1.82, 2.24) is 5.32 Å². The Kier molecular flexibility index (Phi) is 10.3. The van der Waals surface area contributed by atoms with Gasteiger partial charge in [0.2, 0.25) is 5.91 Å². The standard InChI is InChI=1S/C28H31N3O3S/c1-2-3-4-10-18-34-25-17-9-8-16-24(25)27(33)31-28(35)30-23-15-11-14-22(20-23)29-26(32)19-21-12-6-5-7-13-21/h5-9,11-17,20H,2-4,10,18-19H2,1H3,(H,29,32)(H2,30,31,33,35). The molecule has 0 aliphatic rings. The fraction of sp³-hybridized carbons (Fsp3) is 0.250. The highest BCUT2D eigenvalue weighted by molar-refractivity contribution is 7.80. The highest BCUT2D eigenvalue weighted by atomic mass is 32.1. The minimum absolute atomic E-state index is 0.115. The topological polar surface area (TPSA) is 79.5 Å². The molecule has 6 nitrogen and oxygen atoms in total. The summed E-state index contributed by atoms with van der Waals surface area (Å²) in [6.07, 6.45) is 4.66. The first-order chi connectivity index (χ1) is 17.0. The zero-order valence-electron chi connectivity index (χ0n) is 19.9. The molecule has 0 atom stereocenters. The van der Waals surface area contributed by atoms with E-state index in [4.69, 9.17) is 17.0 Å². The van der Waals surface area contributed by atoms with Gasteiger partial charge in [0.05, 0.1) is 18.6 Å². The van der Waals surface area contributed by atoms with Gasteiger partial charge >= 0.3 is 0 Å². The van der Waals surface area contributed by atoms with Crippen molar-refractivity contribution < 1.29 is 14.3 Å². The van der Waals surface area contributed by atoms with Crippen LogP contribution in [0.4, 0.5) is 11.4 Å². The second-order valence-corrected chi connectivity index (χ2v) is 8.51. The molecule has 0 bridgehead atoms. The highest BCUT2D eigenvalue weighted by Gasteiger charge is 2.14. The van der Waals surface area contributed by atoms with Crippen molar-refractivity contribution in [1.29, 1.82) is 0 Å². The van der Waals surface area contributed by atoms with E-state index in [0.717, 1.165) is 24.8 Å². The van der Waals surface area contributed by atoms with Gasteiger partial charge in [-0.15, -0.1) is 0 Å². The van der Waals surface area contributed by atoms with Crippen molar-refractivity contribution in [3.8, 4) is 5.75 Å². The summed E-state index contributed by atoms with van der Waals surface area (Å²) in [5, 5.41) is 8.74. The maximum Gasteiger partial charge on any atom is 0.261 e. The van der Waals surface area contributed by atoms with Crippen LogP contribution < -0.4 is 20.7 Å². The van der Waals surface area contributed by atoms with E-state index in [9.17, 15) is 9.59 Å². The van der Waals surface area contributed by atoms with Crippen molar-refractivity contribution in [2.45, 2.75) is 39.0 Å². The third-order valence-corrected chi connectivity index (χ3v) is 5.43. The molecule has 182 valence electrons. The van der Waals surface area contributed by atoms with Crippen LogP contribution in [-0.2, 0) is 11.2 Å². The largest absolute Gasteiger partial charge is 0.493 e. The molecule has 0 saturated heterocycles. The van der Waals surface area contributed by atoms with Gasteiger partial charge in [-0.1, -0.05) is 74.7 Å². The van der Waals surface area contributed by atoms with Crippen molar-refractivity contribution in [3.63, 3.8) is 0 Å². The smallest absolute Gasteiger partial charge is 0.261 e. The number of para-hydroxylation sites is 1. The Hall–Kier alpha value is -3.71. The van der Waals surface area contributed by atoms with Gasteiger partial charge in [0, 0.05) is 11.4 Å². The van der Waals surface area contributed by atoms with E-state index in [2.05, 4.69) is 22.9 Å². The summed E-state index contributed by atoms with van der Waals surface area (Å²) in [5.41, 5.74) is 2.64. The van der Waals surface area contributed by atoms with Crippen LogP contribution in [0.2, 0.25) is 0 Å². The second kappa shape index (κ2) is 13.9. The number of unbranched alkanes of at least 4 members (excludes halogenated alkanes) is 3. The van der Waals surface area contributed by atoms with Gasteiger partial charge < -0.3 is 15.4 Å². The van der Waals surface area contributed by atoms with Gasteiger partial charge in [-0.2, -0.15) is 0 Å². The summed E-state index contributed by atoms with van der Waals surface area (Å²) in [5.74, 6) is 0.0712. The molecule has 3 aromatic carbocycles. The molecule has 3 rings (SSSR count). The number of anilines is 2. The summed E-state index contributed by atoms with van der Waals surface area (Å²) >= 11 is 5.34. The summed E-state index contributed by atoms with van der Waals surface area (Å²) in [4.78, 5) is 25.2. The molecular weight excluding hydrogens is 458 g/mol. The third kappa shape index (κ3) is 8.87. The molecule has 35 heavy (non-hydrogen) atoms. The number of thiocarbonyl (C=S) groups is 1. The quantitative estimate of drug-likeness (QED) is 0.229. The lowest BCUT2D eigenvalue weighted by Crippen LogP contribution is -2.34. The van der Waals surface area contributed by atoms with Gasteiger partial charge in [0.1, 0.15) is 5.75 Å². The number of ether oxygens (including phenoxy) is 1. The molecule has 0 aromatic heterocycles. The van der Waals surface area contributed by atoms with Gasteiger partial charge in [-0.25, -0.2) is 0 Å². The molecule has 0 aliphatic carbocycles. The number of hydrogen-bond acceptors (Lipinski definition) is 4. The van der Waals surface area contributed by atoms with Crippen molar-refractivity contribution in [2.75, 3.05) is 17.2 Å². The molecule has 0 spiro atoms. The monoisotopic (exact) mass is 489 g/mol. The van der Waals surface area contributed by atoms with Crippen molar-refractivity contribution in [3.05, 3.63) is 90.0 Å². The zero-order chi connectivity index (χ0) is 24.9. The van der Waals surface area contributed by atoms with Gasteiger partial charge in [-0.05, 0) is 54.5 Å². The van der Waals surface area contributed by atoms with E-state index in [0.29, 0.717) is 29.3 Å². The lowest BCUT2D eigenvalue weighted by molar-refractivity contribution is -0.115. The predicted octanol–water partition coefficient (Wildman–Crippen LogP) is 5.95. The van der Waals surface area contributed by atoms with Gasteiger partial charge in [0.15, 0.2) is 5.11 Å². The molecule has 7 heteroatoms. The number of benzene rings is 3. The molecule has 0 unspecified atom stereocenters. The maximum absolute atomic E-state index is 12.8. The minimum Gasteiger partial charge on any atom is -0.493 e. The second-order valence-electron chi connectivity index (χ2n) is 8.10. The molecule has 0 heterocycles. The highest BCUT2D eigenvalue weighted by Crippen LogP contribution is 2.19. The first kappa shape index (κ1) is 25.9. The van der Waals surface area contributed by atoms with Crippen LogP contribution in [0, 0.1) is 0 Å². The van der Waals surface area contributed by atoms with E-state index in [1.54, 1.807) is 42.5 Å². The Labute approximate surface area is 212 Å². The lowest BCUT2D eigenvalue weighted by atomic mass is 10.1. The maximum atomic E-state index is 12.8. The van der Waals surface area contributed by atoms with Crippen LogP contribution in [0.5, 0.6) is 5.75 Å². The molecule has 2 amide bonds. The molecule has 3 N–H and O–H groups in total. The summed E-state index contributed by atoms with van der Waals surface area (Å²) in [7, 11) is 0. The fourth-order valence-electron chi connectivity index (χ4n) is 3.48. The van der Waals surface area contributed by atoms with Crippen LogP contribution in [0.3, 0.4) is 0 Å². The first-order valence-electron chi connectivity index (χ1n) is 11.8. The van der Waals surface area contributed by atoms with Crippen molar-refractivity contribution in [2.24, 2.45) is 0 Å². The Morgan fingerprint density at radius 2 is 1.54 bits per heavy atom. The molecular formula is C28H31N3O3S. The number of carbonyl (C=O) groups is 2. The van der Waals surface area contributed by atoms with E-state index >= 15 is 0 Å². The fourth-order valence-corrected chi connectivity index (χ4v) is 3.70. The molecule has 3 aromatic rings. The van der Waals surface area contributed by atoms with E-state index in [1.165, 1.54) is 6.42 Å². The van der Waals surface area contributed by atoms with E-state index < -0.39 is 0 Å². The van der Waals surface area contributed by atoms with Crippen molar-refractivity contribution >= 4 is 40.5 Å². The summed E-state index contributed by atoms with van der Waals surface area (Å²) in [6, 6.07) is 23.8. The number of nitrogens with one attached hydrogen (secondary N) is 3.